The third-order valence-electron chi connectivity index (χ3n) is 2.42. The van der Waals surface area contributed by atoms with E-state index in [0.29, 0.717) is 5.69 Å². The molecule has 1 N–H and O–H groups in total. The van der Waals surface area contributed by atoms with Crippen LogP contribution in [0.5, 0.6) is 5.75 Å². The highest BCUT2D eigenvalue weighted by atomic mass is 35.5. The molecule has 6 heteroatoms. The summed E-state index contributed by atoms with van der Waals surface area (Å²) in [7, 11) is 0. The second kappa shape index (κ2) is 5.78. The first kappa shape index (κ1) is 14.1. The van der Waals surface area contributed by atoms with Crippen molar-refractivity contribution in [3.05, 3.63) is 51.0 Å². The summed E-state index contributed by atoms with van der Waals surface area (Å²) in [6.07, 6.45) is 0. The number of hydrogen-bond acceptors (Lipinski definition) is 3. The zero-order valence-electron chi connectivity index (χ0n) is 9.86. The molecule has 0 amide bonds. The van der Waals surface area contributed by atoms with Gasteiger partial charge in [-0.3, -0.25) is 0 Å². The fourth-order valence-electron chi connectivity index (χ4n) is 1.38. The largest absolute Gasteiger partial charge is 0.504 e. The van der Waals surface area contributed by atoms with Crippen molar-refractivity contribution in [2.45, 2.75) is 6.92 Å². The lowest BCUT2D eigenvalue weighted by Gasteiger charge is -2.04. The lowest BCUT2D eigenvalue weighted by atomic mass is 10.2. The van der Waals surface area contributed by atoms with Crippen molar-refractivity contribution in [2.75, 3.05) is 0 Å². The monoisotopic (exact) mass is 314 g/mol. The van der Waals surface area contributed by atoms with Crippen LogP contribution in [0.15, 0.2) is 40.6 Å². The first-order valence-corrected chi connectivity index (χ1v) is 6.47. The van der Waals surface area contributed by atoms with Gasteiger partial charge in [0.25, 0.3) is 0 Å². The quantitative estimate of drug-likeness (QED) is 0.530. The second-order valence-corrected chi connectivity index (χ2v) is 5.08. The highest BCUT2D eigenvalue weighted by Crippen LogP contribution is 2.44. The first-order valence-electron chi connectivity index (χ1n) is 5.34. The third-order valence-corrected chi connectivity index (χ3v) is 3.49. The fraction of sp³-hybridized carbons (Fsp3) is 0.0769. The van der Waals surface area contributed by atoms with E-state index in [-0.39, 0.29) is 26.5 Å². The van der Waals surface area contributed by atoms with Gasteiger partial charge in [-0.1, -0.05) is 52.5 Å². The molecule has 0 atom stereocenters. The predicted molar refractivity (Wildman–Crippen MR) is 78.5 cm³/mol. The van der Waals surface area contributed by atoms with E-state index in [0.717, 1.165) is 5.56 Å². The van der Waals surface area contributed by atoms with Gasteiger partial charge in [0, 0.05) is 0 Å². The maximum atomic E-state index is 9.80. The smallest absolute Gasteiger partial charge is 0.163 e. The molecular weight excluding hydrogens is 307 g/mol. The van der Waals surface area contributed by atoms with E-state index in [2.05, 4.69) is 10.2 Å². The van der Waals surface area contributed by atoms with Gasteiger partial charge < -0.3 is 5.11 Å². The molecule has 2 aromatic rings. The number of azo groups is 1. The SMILES string of the molecule is Cc1ccc(/N=N/c2c(O)c(Cl)cc(Cl)c2Cl)cc1. The van der Waals surface area contributed by atoms with Gasteiger partial charge in [-0.15, -0.1) is 5.11 Å². The van der Waals surface area contributed by atoms with Crippen molar-refractivity contribution in [2.24, 2.45) is 10.2 Å². The Labute approximate surface area is 125 Å². The highest BCUT2D eigenvalue weighted by Gasteiger charge is 2.14. The molecule has 98 valence electrons. The normalized spacial score (nSPS) is 11.2. The summed E-state index contributed by atoms with van der Waals surface area (Å²) < 4.78 is 0. The molecule has 0 heterocycles. The van der Waals surface area contributed by atoms with Crippen LogP contribution in [0, 0.1) is 6.92 Å². The Morgan fingerprint density at radius 2 is 1.58 bits per heavy atom. The predicted octanol–water partition coefficient (Wildman–Crippen LogP) is 6.08. The molecule has 3 nitrogen and oxygen atoms in total. The number of phenolic OH excluding ortho intramolecular Hbond substituents is 1. The molecule has 0 fully saturated rings. The molecule has 0 spiro atoms. The molecule has 0 unspecified atom stereocenters. The van der Waals surface area contributed by atoms with Crippen LogP contribution < -0.4 is 0 Å². The average molecular weight is 316 g/mol. The van der Waals surface area contributed by atoms with Crippen LogP contribution in [0.25, 0.3) is 0 Å². The number of phenols is 1. The number of benzene rings is 2. The third kappa shape index (κ3) is 3.18. The van der Waals surface area contributed by atoms with Crippen LogP contribution in [0.4, 0.5) is 11.4 Å². The number of nitrogens with zero attached hydrogens (tertiary/aromatic N) is 2. The van der Waals surface area contributed by atoms with Gasteiger partial charge in [-0.25, -0.2) is 0 Å². The van der Waals surface area contributed by atoms with Crippen LogP contribution in [0.1, 0.15) is 5.56 Å². The zero-order chi connectivity index (χ0) is 14.0. The first-order chi connectivity index (χ1) is 8.99. The molecule has 0 radical (unpaired) electrons. The number of aryl methyl sites for hydroxylation is 1. The lowest BCUT2D eigenvalue weighted by molar-refractivity contribution is 0.476. The van der Waals surface area contributed by atoms with Gasteiger partial charge in [-0.2, -0.15) is 5.11 Å². The molecule has 2 aromatic carbocycles. The van der Waals surface area contributed by atoms with Crippen LogP contribution in [0.3, 0.4) is 0 Å². The minimum Gasteiger partial charge on any atom is -0.504 e. The van der Waals surface area contributed by atoms with Crippen molar-refractivity contribution in [3.63, 3.8) is 0 Å². The Balaban J connectivity index is 2.41. The van der Waals surface area contributed by atoms with Gasteiger partial charge in [0.05, 0.1) is 20.8 Å². The van der Waals surface area contributed by atoms with Gasteiger partial charge in [-0.05, 0) is 25.1 Å². The van der Waals surface area contributed by atoms with Crippen molar-refractivity contribution < 1.29 is 5.11 Å². The number of halogens is 3. The van der Waals surface area contributed by atoms with E-state index >= 15 is 0 Å². The van der Waals surface area contributed by atoms with Crippen LogP contribution in [-0.2, 0) is 0 Å². The second-order valence-electron chi connectivity index (χ2n) is 3.89. The summed E-state index contributed by atoms with van der Waals surface area (Å²) in [5.41, 5.74) is 1.81. The van der Waals surface area contributed by atoms with Gasteiger partial charge in [0.1, 0.15) is 5.69 Å². The molecular formula is C13H9Cl3N2O. The van der Waals surface area contributed by atoms with E-state index in [1.165, 1.54) is 6.07 Å². The summed E-state index contributed by atoms with van der Waals surface area (Å²) in [5, 5.41) is 18.1. The maximum Gasteiger partial charge on any atom is 0.163 e. The standard InChI is InChI=1S/C13H9Cl3N2O/c1-7-2-4-8(5-3-7)17-18-12-11(16)9(14)6-10(15)13(12)19/h2-6,19H,1H3/b18-17+. The van der Waals surface area contributed by atoms with Crippen molar-refractivity contribution >= 4 is 46.2 Å². The number of hydrogen-bond donors (Lipinski definition) is 1. The minimum atomic E-state index is -0.244. The Bertz CT molecular complexity index is 613. The summed E-state index contributed by atoms with van der Waals surface area (Å²) in [5.74, 6) is -0.244. The summed E-state index contributed by atoms with van der Waals surface area (Å²) in [6.45, 7) is 1.97. The Kier molecular flexibility index (Phi) is 4.30. The van der Waals surface area contributed by atoms with Crippen molar-refractivity contribution in [1.82, 2.24) is 0 Å². The molecule has 0 aliphatic heterocycles. The summed E-state index contributed by atoms with van der Waals surface area (Å²) in [6, 6.07) is 8.76. The number of rotatable bonds is 2. The number of aromatic hydroxyl groups is 1. The Morgan fingerprint density at radius 3 is 2.21 bits per heavy atom. The molecule has 0 aliphatic carbocycles. The van der Waals surface area contributed by atoms with Crippen LogP contribution >= 0.6 is 34.8 Å². The maximum absolute atomic E-state index is 9.80. The molecule has 19 heavy (non-hydrogen) atoms. The lowest BCUT2D eigenvalue weighted by Crippen LogP contribution is -1.76. The van der Waals surface area contributed by atoms with Gasteiger partial charge in [0.15, 0.2) is 5.75 Å². The summed E-state index contributed by atoms with van der Waals surface area (Å²) >= 11 is 17.6. The minimum absolute atomic E-state index is 0.0553. The molecule has 0 aromatic heterocycles. The van der Waals surface area contributed by atoms with E-state index in [1.807, 2.05) is 19.1 Å². The van der Waals surface area contributed by atoms with Crippen molar-refractivity contribution in [3.8, 4) is 5.75 Å². The highest BCUT2D eigenvalue weighted by molar-refractivity contribution is 6.45. The van der Waals surface area contributed by atoms with E-state index in [4.69, 9.17) is 34.8 Å². The average Bonchev–Trinajstić information content (AvgIpc) is 2.38. The molecule has 0 saturated heterocycles. The molecule has 0 saturated carbocycles. The topological polar surface area (TPSA) is 45.0 Å². The molecule has 0 aliphatic rings. The van der Waals surface area contributed by atoms with Gasteiger partial charge in [0.2, 0.25) is 0 Å². The van der Waals surface area contributed by atoms with E-state index in [1.54, 1.807) is 12.1 Å². The fourth-order valence-corrected chi connectivity index (χ4v) is 2.02. The molecule has 0 bridgehead atoms. The van der Waals surface area contributed by atoms with E-state index in [9.17, 15) is 5.11 Å². The zero-order valence-corrected chi connectivity index (χ0v) is 12.1. The van der Waals surface area contributed by atoms with Crippen LogP contribution in [-0.4, -0.2) is 5.11 Å². The van der Waals surface area contributed by atoms with Crippen LogP contribution in [0.2, 0.25) is 15.1 Å². The Hall–Kier alpha value is -1.29. The van der Waals surface area contributed by atoms with Gasteiger partial charge >= 0.3 is 0 Å². The molecule has 2 rings (SSSR count). The van der Waals surface area contributed by atoms with E-state index < -0.39 is 0 Å². The van der Waals surface area contributed by atoms with Crippen molar-refractivity contribution in [1.29, 1.82) is 0 Å². The Morgan fingerprint density at radius 1 is 0.947 bits per heavy atom. The summed E-state index contributed by atoms with van der Waals surface area (Å²) in [4.78, 5) is 0.